The van der Waals surface area contributed by atoms with Crippen LogP contribution in [0.3, 0.4) is 0 Å². The van der Waals surface area contributed by atoms with Crippen molar-refractivity contribution in [2.45, 2.75) is 13.5 Å². The number of hydrogen-bond donors (Lipinski definition) is 1. The van der Waals surface area contributed by atoms with Gasteiger partial charge < -0.3 is 10.3 Å². The quantitative estimate of drug-likeness (QED) is 0.796. The van der Waals surface area contributed by atoms with E-state index >= 15 is 0 Å². The molecular formula is C14H14N4S. The van der Waals surface area contributed by atoms with E-state index in [1.807, 2.05) is 36.0 Å². The van der Waals surface area contributed by atoms with Crippen LogP contribution >= 0.6 is 11.3 Å². The van der Waals surface area contributed by atoms with Crippen molar-refractivity contribution in [3.8, 4) is 11.3 Å². The SMILES string of the molecule is Cc1ccc(Cn2cncc2-c2ccnc(N)c2)s1. The Morgan fingerprint density at radius 2 is 2.21 bits per heavy atom. The van der Waals surface area contributed by atoms with Crippen molar-refractivity contribution in [2.24, 2.45) is 0 Å². The highest BCUT2D eigenvalue weighted by Gasteiger charge is 2.07. The van der Waals surface area contributed by atoms with Gasteiger partial charge in [-0.1, -0.05) is 0 Å². The molecule has 0 amide bonds. The normalized spacial score (nSPS) is 10.8. The Morgan fingerprint density at radius 1 is 1.32 bits per heavy atom. The van der Waals surface area contributed by atoms with E-state index < -0.39 is 0 Å². The zero-order valence-corrected chi connectivity index (χ0v) is 11.4. The Labute approximate surface area is 115 Å². The van der Waals surface area contributed by atoms with Crippen molar-refractivity contribution < 1.29 is 0 Å². The third-order valence-corrected chi connectivity index (χ3v) is 3.90. The van der Waals surface area contributed by atoms with Gasteiger partial charge in [0.05, 0.1) is 24.8 Å². The summed E-state index contributed by atoms with van der Waals surface area (Å²) in [6.07, 6.45) is 5.42. The number of aryl methyl sites for hydroxylation is 1. The van der Waals surface area contributed by atoms with Crippen LogP contribution < -0.4 is 5.73 Å². The van der Waals surface area contributed by atoms with Gasteiger partial charge in [-0.05, 0) is 31.2 Å². The molecule has 5 heteroatoms. The number of nitrogens with two attached hydrogens (primary N) is 1. The molecule has 0 unspecified atom stereocenters. The van der Waals surface area contributed by atoms with E-state index in [1.54, 1.807) is 6.20 Å². The molecule has 0 saturated heterocycles. The van der Waals surface area contributed by atoms with Gasteiger partial charge in [0.1, 0.15) is 5.82 Å². The van der Waals surface area contributed by atoms with E-state index in [9.17, 15) is 0 Å². The first-order valence-electron chi connectivity index (χ1n) is 6.00. The van der Waals surface area contributed by atoms with Crippen LogP contribution in [0.5, 0.6) is 0 Å². The van der Waals surface area contributed by atoms with Crippen molar-refractivity contribution in [3.63, 3.8) is 0 Å². The standard InChI is InChI=1S/C14H14N4S/c1-10-2-3-12(19-10)8-18-9-16-7-13(18)11-4-5-17-14(15)6-11/h2-7,9H,8H2,1H3,(H2,15,17). The zero-order valence-electron chi connectivity index (χ0n) is 10.6. The van der Waals surface area contributed by atoms with E-state index in [0.29, 0.717) is 5.82 Å². The average molecular weight is 270 g/mol. The number of pyridine rings is 1. The van der Waals surface area contributed by atoms with Crippen molar-refractivity contribution in [1.29, 1.82) is 0 Å². The lowest BCUT2D eigenvalue weighted by atomic mass is 10.2. The Kier molecular flexibility index (Phi) is 3.05. The lowest BCUT2D eigenvalue weighted by Crippen LogP contribution is -1.99. The van der Waals surface area contributed by atoms with E-state index in [1.165, 1.54) is 9.75 Å². The average Bonchev–Trinajstić information content (AvgIpc) is 2.99. The monoisotopic (exact) mass is 270 g/mol. The number of imidazole rings is 1. The van der Waals surface area contributed by atoms with Crippen molar-refractivity contribution in [1.82, 2.24) is 14.5 Å². The predicted molar refractivity (Wildman–Crippen MR) is 78.0 cm³/mol. The molecule has 0 fully saturated rings. The molecule has 0 aliphatic carbocycles. The number of thiophene rings is 1. The van der Waals surface area contributed by atoms with Gasteiger partial charge in [-0.25, -0.2) is 9.97 Å². The van der Waals surface area contributed by atoms with Crippen LogP contribution in [-0.2, 0) is 6.54 Å². The number of nitrogens with zero attached hydrogens (tertiary/aromatic N) is 3. The smallest absolute Gasteiger partial charge is 0.123 e. The van der Waals surface area contributed by atoms with E-state index in [4.69, 9.17) is 5.73 Å². The summed E-state index contributed by atoms with van der Waals surface area (Å²) in [6, 6.07) is 8.11. The number of aromatic nitrogens is 3. The second-order valence-electron chi connectivity index (χ2n) is 4.39. The summed E-state index contributed by atoms with van der Waals surface area (Å²) < 4.78 is 2.13. The highest BCUT2D eigenvalue weighted by atomic mass is 32.1. The van der Waals surface area contributed by atoms with Crippen molar-refractivity contribution >= 4 is 17.2 Å². The van der Waals surface area contributed by atoms with Crippen LogP contribution in [0.25, 0.3) is 11.3 Å². The molecule has 3 aromatic heterocycles. The van der Waals surface area contributed by atoms with E-state index in [0.717, 1.165) is 17.8 Å². The minimum Gasteiger partial charge on any atom is -0.384 e. The molecule has 0 spiro atoms. The Morgan fingerprint density at radius 3 is 2.95 bits per heavy atom. The number of anilines is 1. The second-order valence-corrected chi connectivity index (χ2v) is 5.76. The summed E-state index contributed by atoms with van der Waals surface area (Å²) in [5.74, 6) is 0.525. The maximum atomic E-state index is 5.73. The summed E-state index contributed by atoms with van der Waals surface area (Å²) in [7, 11) is 0. The van der Waals surface area contributed by atoms with Crippen molar-refractivity contribution in [3.05, 3.63) is 52.7 Å². The molecule has 0 aromatic carbocycles. The van der Waals surface area contributed by atoms with Gasteiger partial charge in [0, 0.05) is 21.5 Å². The zero-order chi connectivity index (χ0) is 13.2. The summed E-state index contributed by atoms with van der Waals surface area (Å²) in [6.45, 7) is 2.95. The molecule has 4 nitrogen and oxygen atoms in total. The van der Waals surface area contributed by atoms with Gasteiger partial charge in [-0.2, -0.15) is 0 Å². The largest absolute Gasteiger partial charge is 0.384 e. The molecular weight excluding hydrogens is 256 g/mol. The minimum atomic E-state index is 0.525. The highest BCUT2D eigenvalue weighted by molar-refractivity contribution is 7.11. The first kappa shape index (κ1) is 11.9. The lowest BCUT2D eigenvalue weighted by Gasteiger charge is -2.07. The molecule has 19 heavy (non-hydrogen) atoms. The van der Waals surface area contributed by atoms with Crippen LogP contribution in [0.1, 0.15) is 9.75 Å². The Hall–Kier alpha value is -2.14. The molecule has 3 aromatic rings. The molecule has 2 N–H and O–H groups in total. The van der Waals surface area contributed by atoms with Crippen LogP contribution in [0.4, 0.5) is 5.82 Å². The first-order chi connectivity index (χ1) is 9.22. The minimum absolute atomic E-state index is 0.525. The fourth-order valence-corrected chi connectivity index (χ4v) is 2.92. The summed E-state index contributed by atoms with van der Waals surface area (Å²) in [5.41, 5.74) is 7.83. The van der Waals surface area contributed by atoms with Gasteiger partial charge >= 0.3 is 0 Å². The third kappa shape index (κ3) is 2.51. The maximum absolute atomic E-state index is 5.73. The summed E-state index contributed by atoms with van der Waals surface area (Å²) >= 11 is 1.81. The van der Waals surface area contributed by atoms with E-state index in [-0.39, 0.29) is 0 Å². The topological polar surface area (TPSA) is 56.7 Å². The molecule has 3 rings (SSSR count). The van der Waals surface area contributed by atoms with Gasteiger partial charge in [-0.15, -0.1) is 11.3 Å². The van der Waals surface area contributed by atoms with Gasteiger partial charge in [0.25, 0.3) is 0 Å². The molecule has 0 radical (unpaired) electrons. The highest BCUT2D eigenvalue weighted by Crippen LogP contribution is 2.23. The van der Waals surface area contributed by atoms with Crippen LogP contribution in [-0.4, -0.2) is 14.5 Å². The summed E-state index contributed by atoms with van der Waals surface area (Å²) in [4.78, 5) is 10.9. The number of hydrogen-bond acceptors (Lipinski definition) is 4. The van der Waals surface area contributed by atoms with Crippen LogP contribution in [0.15, 0.2) is 43.0 Å². The first-order valence-corrected chi connectivity index (χ1v) is 6.81. The predicted octanol–water partition coefficient (Wildman–Crippen LogP) is 2.95. The molecule has 96 valence electrons. The second kappa shape index (κ2) is 4.85. The molecule has 0 saturated carbocycles. The molecule has 0 aliphatic rings. The molecule has 3 heterocycles. The number of nitrogen functional groups attached to an aromatic ring is 1. The lowest BCUT2D eigenvalue weighted by molar-refractivity contribution is 0.817. The fourth-order valence-electron chi connectivity index (χ4n) is 2.03. The Bertz CT molecular complexity index is 699. The summed E-state index contributed by atoms with van der Waals surface area (Å²) in [5, 5.41) is 0. The molecule has 0 atom stereocenters. The Balaban J connectivity index is 1.94. The third-order valence-electron chi connectivity index (χ3n) is 2.91. The number of rotatable bonds is 3. The van der Waals surface area contributed by atoms with E-state index in [2.05, 4.69) is 33.6 Å². The fraction of sp³-hybridized carbons (Fsp3) is 0.143. The van der Waals surface area contributed by atoms with Gasteiger partial charge in [0.15, 0.2) is 0 Å². The van der Waals surface area contributed by atoms with Crippen LogP contribution in [0, 0.1) is 6.92 Å². The van der Waals surface area contributed by atoms with Crippen LogP contribution in [0.2, 0.25) is 0 Å². The van der Waals surface area contributed by atoms with Gasteiger partial charge in [0.2, 0.25) is 0 Å². The van der Waals surface area contributed by atoms with Crippen molar-refractivity contribution in [2.75, 3.05) is 5.73 Å². The molecule has 0 bridgehead atoms. The molecule has 0 aliphatic heterocycles. The maximum Gasteiger partial charge on any atom is 0.123 e. The van der Waals surface area contributed by atoms with Gasteiger partial charge in [-0.3, -0.25) is 0 Å².